The average Bonchev–Trinajstić information content (AvgIpc) is 3.27. The molecule has 3 rings (SSSR count). The van der Waals surface area contributed by atoms with E-state index in [4.69, 9.17) is 20.8 Å². The van der Waals surface area contributed by atoms with Gasteiger partial charge in [0, 0.05) is 18.7 Å². The molecule has 0 bridgehead atoms. The van der Waals surface area contributed by atoms with E-state index in [1.165, 1.54) is 24.3 Å². The minimum absolute atomic E-state index is 0.0278. The molecular weight excluding hydrogens is 384 g/mol. The van der Waals surface area contributed by atoms with Gasteiger partial charge in [-0.25, -0.2) is 0 Å². The van der Waals surface area contributed by atoms with Gasteiger partial charge >= 0.3 is 0 Å². The fraction of sp³-hybridized carbons (Fsp3) is 0.300. The Labute approximate surface area is 167 Å². The molecule has 0 saturated carbocycles. The van der Waals surface area contributed by atoms with Gasteiger partial charge in [-0.15, -0.1) is 0 Å². The number of methoxy groups -OCH3 is 1. The maximum Gasteiger partial charge on any atom is 0.295 e. The van der Waals surface area contributed by atoms with Gasteiger partial charge in [-0.3, -0.25) is 9.59 Å². The third kappa shape index (κ3) is 3.63. The van der Waals surface area contributed by atoms with Gasteiger partial charge < -0.3 is 24.1 Å². The van der Waals surface area contributed by atoms with Crippen molar-refractivity contribution in [3.8, 4) is 5.75 Å². The minimum Gasteiger partial charge on any atom is -0.507 e. The van der Waals surface area contributed by atoms with Gasteiger partial charge in [0.1, 0.15) is 23.3 Å². The van der Waals surface area contributed by atoms with Crippen molar-refractivity contribution < 1.29 is 23.8 Å². The second-order valence-corrected chi connectivity index (χ2v) is 7.07. The molecule has 0 radical (unpaired) electrons. The van der Waals surface area contributed by atoms with Gasteiger partial charge in [0.25, 0.3) is 11.7 Å². The molecular formula is C20H21ClN2O5. The van der Waals surface area contributed by atoms with Gasteiger partial charge in [0.15, 0.2) is 0 Å². The summed E-state index contributed by atoms with van der Waals surface area (Å²) in [6.07, 6.45) is 1.46. The molecule has 1 aliphatic heterocycles. The van der Waals surface area contributed by atoms with Gasteiger partial charge in [-0.05, 0) is 44.4 Å². The Morgan fingerprint density at radius 2 is 2.07 bits per heavy atom. The highest BCUT2D eigenvalue weighted by Gasteiger charge is 2.47. The van der Waals surface area contributed by atoms with Crippen molar-refractivity contribution in [3.63, 3.8) is 0 Å². The van der Waals surface area contributed by atoms with Crippen molar-refractivity contribution >= 4 is 29.1 Å². The Bertz CT molecular complexity index is 921. The maximum atomic E-state index is 12.8. The highest BCUT2D eigenvalue weighted by atomic mass is 35.5. The summed E-state index contributed by atoms with van der Waals surface area (Å²) in [7, 11) is 5.23. The molecule has 8 heteroatoms. The van der Waals surface area contributed by atoms with Crippen LogP contribution in [0.25, 0.3) is 5.76 Å². The van der Waals surface area contributed by atoms with E-state index < -0.39 is 17.7 Å². The zero-order valence-electron chi connectivity index (χ0n) is 15.8. The molecule has 0 spiro atoms. The van der Waals surface area contributed by atoms with Crippen molar-refractivity contribution in [2.75, 3.05) is 34.3 Å². The van der Waals surface area contributed by atoms with E-state index in [1.54, 1.807) is 24.3 Å². The first-order chi connectivity index (χ1) is 13.3. The fourth-order valence-corrected chi connectivity index (χ4v) is 3.39. The lowest BCUT2D eigenvalue weighted by molar-refractivity contribution is -0.140. The minimum atomic E-state index is -0.809. The molecule has 0 aliphatic carbocycles. The van der Waals surface area contributed by atoms with Gasteiger partial charge in [0.2, 0.25) is 0 Å². The highest BCUT2D eigenvalue weighted by Crippen LogP contribution is 2.40. The second-order valence-electron chi connectivity index (χ2n) is 6.66. The SMILES string of the molecule is COc1ccc(C(O)=C2C(=O)C(=O)N(CCN(C)C)[C@H]2c2ccco2)cc1Cl. The quantitative estimate of drug-likeness (QED) is 0.453. The summed E-state index contributed by atoms with van der Waals surface area (Å²) in [6, 6.07) is 7.19. The number of amides is 1. The Hall–Kier alpha value is -2.77. The largest absolute Gasteiger partial charge is 0.507 e. The van der Waals surface area contributed by atoms with Crippen molar-refractivity contribution in [1.29, 1.82) is 0 Å². The summed E-state index contributed by atoms with van der Waals surface area (Å²) < 4.78 is 10.6. The summed E-state index contributed by atoms with van der Waals surface area (Å²) in [4.78, 5) is 28.7. The van der Waals surface area contributed by atoms with Crippen LogP contribution in [0.1, 0.15) is 17.4 Å². The predicted molar refractivity (Wildman–Crippen MR) is 104 cm³/mol. The fourth-order valence-electron chi connectivity index (χ4n) is 3.13. The predicted octanol–water partition coefficient (Wildman–Crippen LogP) is 2.92. The number of hydrogen-bond acceptors (Lipinski definition) is 6. The van der Waals surface area contributed by atoms with E-state index in [0.29, 0.717) is 30.2 Å². The van der Waals surface area contributed by atoms with Crippen LogP contribution in [0.15, 0.2) is 46.6 Å². The first-order valence-corrected chi connectivity index (χ1v) is 9.03. The number of halogens is 1. The molecule has 0 unspecified atom stereocenters. The molecule has 1 aromatic heterocycles. The smallest absolute Gasteiger partial charge is 0.295 e. The Balaban J connectivity index is 2.10. The first-order valence-electron chi connectivity index (χ1n) is 8.65. The summed E-state index contributed by atoms with van der Waals surface area (Å²) in [5, 5.41) is 11.2. The lowest BCUT2D eigenvalue weighted by Crippen LogP contribution is -2.35. The van der Waals surface area contributed by atoms with Crippen molar-refractivity contribution in [2.24, 2.45) is 0 Å². The van der Waals surface area contributed by atoms with E-state index in [0.717, 1.165) is 0 Å². The molecule has 1 saturated heterocycles. The number of ether oxygens (including phenoxy) is 1. The topological polar surface area (TPSA) is 83.2 Å². The highest BCUT2D eigenvalue weighted by molar-refractivity contribution is 6.46. The van der Waals surface area contributed by atoms with Crippen LogP contribution in [0.4, 0.5) is 0 Å². The molecule has 1 N–H and O–H groups in total. The number of nitrogens with zero attached hydrogens (tertiary/aromatic N) is 2. The second kappa shape index (κ2) is 8.08. The molecule has 7 nitrogen and oxygen atoms in total. The lowest BCUT2D eigenvalue weighted by atomic mass is 9.99. The Morgan fingerprint density at radius 1 is 1.32 bits per heavy atom. The summed E-state index contributed by atoms with van der Waals surface area (Å²) in [5.41, 5.74) is 0.285. The number of ketones is 1. The van der Waals surface area contributed by atoms with Gasteiger partial charge in [0.05, 0.1) is 24.0 Å². The number of benzene rings is 1. The summed E-state index contributed by atoms with van der Waals surface area (Å²) >= 11 is 6.15. The molecule has 1 atom stereocenters. The monoisotopic (exact) mass is 404 g/mol. The molecule has 2 heterocycles. The zero-order valence-corrected chi connectivity index (χ0v) is 16.6. The Morgan fingerprint density at radius 3 is 2.64 bits per heavy atom. The summed E-state index contributed by atoms with van der Waals surface area (Å²) in [6.45, 7) is 0.863. The molecule has 148 valence electrons. The maximum absolute atomic E-state index is 12.8. The number of furan rings is 1. The number of likely N-dealkylation sites (tertiary alicyclic amines) is 1. The number of Topliss-reactive ketones (excluding diaryl/α,β-unsaturated/α-hetero) is 1. The van der Waals surface area contributed by atoms with Crippen LogP contribution in [0.3, 0.4) is 0 Å². The van der Waals surface area contributed by atoms with E-state index >= 15 is 0 Å². The number of hydrogen-bond donors (Lipinski definition) is 1. The van der Waals surface area contributed by atoms with Crippen LogP contribution in [-0.4, -0.2) is 60.9 Å². The van der Waals surface area contributed by atoms with E-state index in [-0.39, 0.29) is 16.4 Å². The average molecular weight is 405 g/mol. The molecule has 1 aliphatic rings. The normalized spacial score (nSPS) is 18.9. The van der Waals surface area contributed by atoms with Crippen LogP contribution in [0, 0.1) is 0 Å². The van der Waals surface area contributed by atoms with E-state index in [1.807, 2.05) is 19.0 Å². The number of likely N-dealkylation sites (N-methyl/N-ethyl adjacent to an activating group) is 1. The number of carbonyl (C=O) groups is 2. The number of aliphatic hydroxyl groups excluding tert-OH is 1. The van der Waals surface area contributed by atoms with Gasteiger partial charge in [-0.2, -0.15) is 0 Å². The molecule has 1 fully saturated rings. The molecule has 1 amide bonds. The number of aliphatic hydroxyl groups is 1. The van der Waals surface area contributed by atoms with Gasteiger partial charge in [-0.1, -0.05) is 11.6 Å². The molecule has 28 heavy (non-hydrogen) atoms. The summed E-state index contributed by atoms with van der Waals surface area (Å²) in [5.74, 6) is -0.906. The van der Waals surface area contributed by atoms with Crippen LogP contribution in [0.5, 0.6) is 5.75 Å². The van der Waals surface area contributed by atoms with E-state index in [9.17, 15) is 14.7 Å². The van der Waals surface area contributed by atoms with Crippen LogP contribution in [-0.2, 0) is 9.59 Å². The van der Waals surface area contributed by atoms with E-state index in [2.05, 4.69) is 0 Å². The number of carbonyl (C=O) groups excluding carboxylic acids is 2. The first kappa shape index (κ1) is 20.0. The number of rotatable bonds is 6. The van der Waals surface area contributed by atoms with Crippen LogP contribution >= 0.6 is 11.6 Å². The van der Waals surface area contributed by atoms with Crippen LogP contribution < -0.4 is 4.74 Å². The third-order valence-corrected chi connectivity index (χ3v) is 4.86. The third-order valence-electron chi connectivity index (χ3n) is 4.57. The van der Waals surface area contributed by atoms with Crippen molar-refractivity contribution in [1.82, 2.24) is 9.80 Å². The zero-order chi connectivity index (χ0) is 20.4. The Kier molecular flexibility index (Phi) is 5.76. The van der Waals surface area contributed by atoms with Crippen LogP contribution in [0.2, 0.25) is 5.02 Å². The lowest BCUT2D eigenvalue weighted by Gasteiger charge is -2.24. The standard InChI is InChI=1S/C20H21ClN2O5/c1-22(2)8-9-23-17(15-5-4-10-28-15)16(19(25)20(23)26)18(24)12-6-7-14(27-3)13(21)11-12/h4-7,10-11,17,24H,8-9H2,1-3H3/t17-/m0/s1. The van der Waals surface area contributed by atoms with Crippen molar-refractivity contribution in [3.05, 3.63) is 58.5 Å². The van der Waals surface area contributed by atoms with Crippen molar-refractivity contribution in [2.45, 2.75) is 6.04 Å². The molecule has 1 aromatic carbocycles. The molecule has 2 aromatic rings.